The van der Waals surface area contributed by atoms with E-state index in [9.17, 15) is 0 Å². The van der Waals surface area contributed by atoms with Gasteiger partial charge in [0, 0.05) is 13.1 Å². The standard InChI is InChI=1S/C15H26N2O/c1-6-12(7-2)17(5)13-9-8-10-14(15(13)16)18-11(3)4/h8-12H,6-7,16H2,1-5H3. The highest BCUT2D eigenvalue weighted by Crippen LogP contribution is 2.33. The second-order valence-electron chi connectivity index (χ2n) is 4.94. The first-order valence-electron chi connectivity index (χ1n) is 6.79. The van der Waals surface area contributed by atoms with Crippen molar-refractivity contribution in [1.29, 1.82) is 0 Å². The van der Waals surface area contributed by atoms with Crippen molar-refractivity contribution < 1.29 is 4.74 Å². The van der Waals surface area contributed by atoms with Crippen molar-refractivity contribution in [3.05, 3.63) is 18.2 Å². The Morgan fingerprint density at radius 3 is 2.33 bits per heavy atom. The summed E-state index contributed by atoms with van der Waals surface area (Å²) in [7, 11) is 2.10. The van der Waals surface area contributed by atoms with Gasteiger partial charge < -0.3 is 15.4 Å². The monoisotopic (exact) mass is 250 g/mol. The van der Waals surface area contributed by atoms with Crippen molar-refractivity contribution in [3.8, 4) is 5.75 Å². The molecule has 3 nitrogen and oxygen atoms in total. The summed E-state index contributed by atoms with van der Waals surface area (Å²) in [4.78, 5) is 2.25. The van der Waals surface area contributed by atoms with Gasteiger partial charge in [0.1, 0.15) is 5.75 Å². The van der Waals surface area contributed by atoms with Crippen LogP contribution in [-0.2, 0) is 0 Å². The van der Waals surface area contributed by atoms with E-state index in [1.54, 1.807) is 0 Å². The minimum absolute atomic E-state index is 0.140. The summed E-state index contributed by atoms with van der Waals surface area (Å²) >= 11 is 0. The molecule has 0 bridgehead atoms. The van der Waals surface area contributed by atoms with Crippen molar-refractivity contribution in [2.45, 2.75) is 52.7 Å². The molecule has 0 aliphatic carbocycles. The van der Waals surface area contributed by atoms with Crippen LogP contribution in [0.4, 0.5) is 11.4 Å². The number of hydrogen-bond acceptors (Lipinski definition) is 3. The third kappa shape index (κ3) is 3.31. The zero-order valence-electron chi connectivity index (χ0n) is 12.2. The molecule has 0 fully saturated rings. The summed E-state index contributed by atoms with van der Waals surface area (Å²) in [6, 6.07) is 6.50. The van der Waals surface area contributed by atoms with Crippen LogP contribution in [0.3, 0.4) is 0 Å². The minimum atomic E-state index is 0.140. The summed E-state index contributed by atoms with van der Waals surface area (Å²) < 4.78 is 5.73. The predicted molar refractivity (Wildman–Crippen MR) is 79.4 cm³/mol. The fourth-order valence-electron chi connectivity index (χ4n) is 2.23. The molecule has 0 radical (unpaired) electrons. The highest BCUT2D eigenvalue weighted by molar-refractivity contribution is 5.74. The fourth-order valence-corrected chi connectivity index (χ4v) is 2.23. The molecule has 1 aromatic rings. The van der Waals surface area contributed by atoms with Gasteiger partial charge in [0.25, 0.3) is 0 Å². The number of nitrogen functional groups attached to an aromatic ring is 1. The van der Waals surface area contributed by atoms with Gasteiger partial charge in [0.15, 0.2) is 0 Å². The fraction of sp³-hybridized carbons (Fsp3) is 0.600. The molecule has 0 unspecified atom stereocenters. The first kappa shape index (κ1) is 14.7. The van der Waals surface area contributed by atoms with Crippen molar-refractivity contribution >= 4 is 11.4 Å². The number of para-hydroxylation sites is 1. The Bertz CT molecular complexity index is 373. The molecule has 1 rings (SSSR count). The van der Waals surface area contributed by atoms with Crippen LogP contribution in [0, 0.1) is 0 Å². The van der Waals surface area contributed by atoms with Gasteiger partial charge in [0.2, 0.25) is 0 Å². The second kappa shape index (κ2) is 6.53. The molecule has 0 aliphatic rings. The van der Waals surface area contributed by atoms with E-state index >= 15 is 0 Å². The number of hydrogen-bond donors (Lipinski definition) is 1. The Balaban J connectivity index is 3.02. The van der Waals surface area contributed by atoms with Gasteiger partial charge in [-0.1, -0.05) is 19.9 Å². The molecule has 0 aliphatic heterocycles. The Morgan fingerprint density at radius 2 is 1.83 bits per heavy atom. The molecule has 18 heavy (non-hydrogen) atoms. The van der Waals surface area contributed by atoms with Gasteiger partial charge in [-0.3, -0.25) is 0 Å². The zero-order chi connectivity index (χ0) is 13.7. The average molecular weight is 250 g/mol. The van der Waals surface area contributed by atoms with Crippen LogP contribution < -0.4 is 15.4 Å². The van der Waals surface area contributed by atoms with E-state index in [-0.39, 0.29) is 6.10 Å². The number of rotatable bonds is 6. The molecule has 0 saturated heterocycles. The van der Waals surface area contributed by atoms with E-state index in [1.807, 2.05) is 26.0 Å². The van der Waals surface area contributed by atoms with E-state index in [0.717, 1.165) is 30.0 Å². The molecule has 0 atom stereocenters. The van der Waals surface area contributed by atoms with Crippen LogP contribution in [-0.4, -0.2) is 19.2 Å². The van der Waals surface area contributed by atoms with E-state index in [4.69, 9.17) is 10.5 Å². The van der Waals surface area contributed by atoms with Gasteiger partial charge >= 0.3 is 0 Å². The lowest BCUT2D eigenvalue weighted by Crippen LogP contribution is -2.31. The molecule has 1 aromatic carbocycles. The lowest BCUT2D eigenvalue weighted by molar-refractivity contribution is 0.244. The van der Waals surface area contributed by atoms with E-state index < -0.39 is 0 Å². The van der Waals surface area contributed by atoms with Crippen LogP contribution in [0.15, 0.2) is 18.2 Å². The van der Waals surface area contributed by atoms with Gasteiger partial charge in [-0.05, 0) is 38.8 Å². The van der Waals surface area contributed by atoms with E-state index in [2.05, 4.69) is 31.9 Å². The summed E-state index contributed by atoms with van der Waals surface area (Å²) in [5.74, 6) is 0.778. The van der Waals surface area contributed by atoms with E-state index in [1.165, 1.54) is 0 Å². The first-order chi connectivity index (χ1) is 8.51. The molecular formula is C15H26N2O. The summed E-state index contributed by atoms with van der Waals surface area (Å²) in [6.45, 7) is 8.43. The van der Waals surface area contributed by atoms with Crippen LogP contribution in [0.2, 0.25) is 0 Å². The molecule has 2 N–H and O–H groups in total. The largest absolute Gasteiger partial charge is 0.489 e. The van der Waals surface area contributed by atoms with E-state index in [0.29, 0.717) is 6.04 Å². The predicted octanol–water partition coefficient (Wildman–Crippen LogP) is 3.68. The van der Waals surface area contributed by atoms with Crippen LogP contribution in [0.25, 0.3) is 0 Å². The van der Waals surface area contributed by atoms with Crippen LogP contribution in [0.5, 0.6) is 5.75 Å². The van der Waals surface area contributed by atoms with Gasteiger partial charge in [-0.25, -0.2) is 0 Å². The lowest BCUT2D eigenvalue weighted by Gasteiger charge is -2.30. The molecule has 0 heterocycles. The molecule has 0 saturated carbocycles. The number of nitrogens with two attached hydrogens (primary N) is 1. The quantitative estimate of drug-likeness (QED) is 0.783. The minimum Gasteiger partial charge on any atom is -0.489 e. The van der Waals surface area contributed by atoms with Crippen molar-refractivity contribution in [3.63, 3.8) is 0 Å². The van der Waals surface area contributed by atoms with Crippen molar-refractivity contribution in [1.82, 2.24) is 0 Å². The van der Waals surface area contributed by atoms with Crippen molar-refractivity contribution in [2.24, 2.45) is 0 Å². The topological polar surface area (TPSA) is 38.5 Å². The molecular weight excluding hydrogens is 224 g/mol. The Hall–Kier alpha value is -1.38. The number of ether oxygens (including phenoxy) is 1. The SMILES string of the molecule is CCC(CC)N(C)c1cccc(OC(C)C)c1N. The van der Waals surface area contributed by atoms with Gasteiger partial charge in [0.05, 0.1) is 17.5 Å². The maximum absolute atomic E-state index is 6.21. The third-order valence-corrected chi connectivity index (χ3v) is 3.28. The maximum Gasteiger partial charge on any atom is 0.144 e. The highest BCUT2D eigenvalue weighted by Gasteiger charge is 2.16. The highest BCUT2D eigenvalue weighted by atomic mass is 16.5. The summed E-state index contributed by atoms with van der Waals surface area (Å²) in [5.41, 5.74) is 8.01. The van der Waals surface area contributed by atoms with Gasteiger partial charge in [-0.2, -0.15) is 0 Å². The first-order valence-corrected chi connectivity index (χ1v) is 6.79. The van der Waals surface area contributed by atoms with Crippen LogP contribution >= 0.6 is 0 Å². The summed E-state index contributed by atoms with van der Waals surface area (Å²) in [6.07, 6.45) is 2.37. The van der Waals surface area contributed by atoms with Crippen molar-refractivity contribution in [2.75, 3.05) is 17.7 Å². The average Bonchev–Trinajstić information content (AvgIpc) is 2.32. The summed E-state index contributed by atoms with van der Waals surface area (Å²) in [5, 5.41) is 0. The third-order valence-electron chi connectivity index (χ3n) is 3.28. The van der Waals surface area contributed by atoms with Gasteiger partial charge in [-0.15, -0.1) is 0 Å². The number of benzene rings is 1. The second-order valence-corrected chi connectivity index (χ2v) is 4.94. The molecule has 0 spiro atoms. The molecule has 102 valence electrons. The Morgan fingerprint density at radius 1 is 1.22 bits per heavy atom. The van der Waals surface area contributed by atoms with Crippen LogP contribution in [0.1, 0.15) is 40.5 Å². The number of anilines is 2. The Labute approximate surface area is 111 Å². The number of nitrogens with zero attached hydrogens (tertiary/aromatic N) is 1. The zero-order valence-corrected chi connectivity index (χ0v) is 12.2. The Kier molecular flexibility index (Phi) is 5.32. The smallest absolute Gasteiger partial charge is 0.144 e. The molecule has 0 aromatic heterocycles. The molecule has 3 heteroatoms. The molecule has 0 amide bonds. The maximum atomic E-state index is 6.21. The lowest BCUT2D eigenvalue weighted by atomic mass is 10.1. The normalized spacial score (nSPS) is 11.1.